The number of ether oxygens (including phenoxy) is 1. The third kappa shape index (κ3) is 2.11. The molecular formula is C13H17NO. The van der Waals surface area contributed by atoms with Crippen molar-refractivity contribution in [3.05, 3.63) is 41.5 Å². The zero-order valence-electron chi connectivity index (χ0n) is 9.07. The molecule has 15 heavy (non-hydrogen) atoms. The predicted molar refractivity (Wildman–Crippen MR) is 62.5 cm³/mol. The average Bonchev–Trinajstić information content (AvgIpc) is 3.08. The highest BCUT2D eigenvalue weighted by Gasteiger charge is 2.44. The maximum atomic E-state index is 5.52. The second-order valence-electron chi connectivity index (χ2n) is 3.96. The van der Waals surface area contributed by atoms with E-state index in [9.17, 15) is 0 Å². The Morgan fingerprint density at radius 2 is 2.00 bits per heavy atom. The van der Waals surface area contributed by atoms with Gasteiger partial charge in [0.25, 0.3) is 0 Å². The van der Waals surface area contributed by atoms with E-state index in [4.69, 9.17) is 10.5 Å². The van der Waals surface area contributed by atoms with Gasteiger partial charge in [0.2, 0.25) is 0 Å². The molecule has 2 N–H and O–H groups in total. The van der Waals surface area contributed by atoms with Crippen molar-refractivity contribution in [1.82, 2.24) is 0 Å². The van der Waals surface area contributed by atoms with Gasteiger partial charge in [-0.15, -0.1) is 0 Å². The van der Waals surface area contributed by atoms with E-state index in [1.807, 2.05) is 12.2 Å². The monoisotopic (exact) mass is 203 g/mol. The zero-order chi connectivity index (χ0) is 10.7. The molecule has 1 saturated carbocycles. The molecule has 0 unspecified atom stereocenters. The maximum Gasteiger partial charge on any atom is 0.0929 e. The summed E-state index contributed by atoms with van der Waals surface area (Å²) in [5.74, 6) is 0. The van der Waals surface area contributed by atoms with Crippen LogP contribution in [-0.4, -0.2) is 13.7 Å². The fourth-order valence-corrected chi connectivity index (χ4v) is 1.83. The van der Waals surface area contributed by atoms with Gasteiger partial charge in [0.15, 0.2) is 0 Å². The summed E-state index contributed by atoms with van der Waals surface area (Å²) >= 11 is 0. The second-order valence-corrected chi connectivity index (χ2v) is 3.96. The first-order valence-electron chi connectivity index (χ1n) is 5.33. The quantitative estimate of drug-likeness (QED) is 0.815. The lowest BCUT2D eigenvalue weighted by Crippen LogP contribution is -2.08. The Morgan fingerprint density at radius 3 is 2.47 bits per heavy atom. The van der Waals surface area contributed by atoms with Gasteiger partial charge in [-0.1, -0.05) is 36.4 Å². The summed E-state index contributed by atoms with van der Waals surface area (Å²) in [7, 11) is 1.79. The SMILES string of the molecule is COC1(c2ccc(/C=C/CN)cc2)CC1. The van der Waals surface area contributed by atoms with E-state index in [1.54, 1.807) is 7.11 Å². The average molecular weight is 203 g/mol. The van der Waals surface area contributed by atoms with Gasteiger partial charge in [-0.25, -0.2) is 0 Å². The van der Waals surface area contributed by atoms with Crippen molar-refractivity contribution in [2.75, 3.05) is 13.7 Å². The van der Waals surface area contributed by atoms with Crippen molar-refractivity contribution < 1.29 is 4.74 Å². The van der Waals surface area contributed by atoms with Crippen molar-refractivity contribution in [1.29, 1.82) is 0 Å². The van der Waals surface area contributed by atoms with Gasteiger partial charge in [0.05, 0.1) is 5.60 Å². The molecule has 0 radical (unpaired) electrons. The molecule has 1 aromatic carbocycles. The van der Waals surface area contributed by atoms with Gasteiger partial charge in [-0.3, -0.25) is 0 Å². The molecule has 0 spiro atoms. The van der Waals surface area contributed by atoms with E-state index < -0.39 is 0 Å². The Kier molecular flexibility index (Phi) is 2.89. The van der Waals surface area contributed by atoms with Gasteiger partial charge >= 0.3 is 0 Å². The van der Waals surface area contributed by atoms with Crippen molar-refractivity contribution in [2.24, 2.45) is 5.73 Å². The van der Waals surface area contributed by atoms with Crippen LogP contribution in [0.2, 0.25) is 0 Å². The topological polar surface area (TPSA) is 35.2 Å². The molecule has 0 amide bonds. The standard InChI is InChI=1S/C13H17NO/c1-15-13(8-9-13)12-6-4-11(5-7-12)3-2-10-14/h2-7H,8-10,14H2,1H3/b3-2+. The predicted octanol–water partition coefficient (Wildman–Crippen LogP) is 2.29. The van der Waals surface area contributed by atoms with E-state index in [2.05, 4.69) is 24.3 Å². The first-order chi connectivity index (χ1) is 7.30. The number of methoxy groups -OCH3 is 1. The number of benzene rings is 1. The Bertz CT molecular complexity index is 349. The molecule has 0 aliphatic heterocycles. The second kappa shape index (κ2) is 4.17. The molecule has 80 valence electrons. The Hall–Kier alpha value is -1.12. The third-order valence-corrected chi connectivity index (χ3v) is 2.98. The first-order valence-corrected chi connectivity index (χ1v) is 5.33. The van der Waals surface area contributed by atoms with E-state index >= 15 is 0 Å². The van der Waals surface area contributed by atoms with Crippen LogP contribution in [0.15, 0.2) is 30.3 Å². The lowest BCUT2D eigenvalue weighted by atomic mass is 10.1. The Morgan fingerprint density at radius 1 is 1.33 bits per heavy atom. The molecule has 2 heteroatoms. The summed E-state index contributed by atoms with van der Waals surface area (Å²) in [6.45, 7) is 0.587. The van der Waals surface area contributed by atoms with Crippen LogP contribution < -0.4 is 5.73 Å². The highest BCUT2D eigenvalue weighted by molar-refractivity contribution is 5.50. The van der Waals surface area contributed by atoms with Gasteiger partial charge in [0, 0.05) is 13.7 Å². The number of hydrogen-bond donors (Lipinski definition) is 1. The van der Waals surface area contributed by atoms with Crippen LogP contribution >= 0.6 is 0 Å². The fraction of sp³-hybridized carbons (Fsp3) is 0.385. The maximum absolute atomic E-state index is 5.52. The summed E-state index contributed by atoms with van der Waals surface area (Å²) in [5, 5.41) is 0. The third-order valence-electron chi connectivity index (χ3n) is 2.98. The van der Waals surface area contributed by atoms with Crippen LogP contribution in [0.3, 0.4) is 0 Å². The van der Waals surface area contributed by atoms with Gasteiger partial charge in [-0.05, 0) is 24.0 Å². The lowest BCUT2D eigenvalue weighted by molar-refractivity contribution is 0.0789. The van der Waals surface area contributed by atoms with Crippen molar-refractivity contribution >= 4 is 6.08 Å². The molecular weight excluding hydrogens is 186 g/mol. The molecule has 0 heterocycles. The van der Waals surface area contributed by atoms with Crippen LogP contribution in [-0.2, 0) is 10.3 Å². The normalized spacial score (nSPS) is 18.3. The smallest absolute Gasteiger partial charge is 0.0929 e. The van der Waals surface area contributed by atoms with E-state index in [-0.39, 0.29) is 5.60 Å². The molecule has 2 nitrogen and oxygen atoms in total. The minimum absolute atomic E-state index is 0.0239. The van der Waals surface area contributed by atoms with Gasteiger partial charge < -0.3 is 10.5 Å². The van der Waals surface area contributed by atoms with Crippen LogP contribution in [0, 0.1) is 0 Å². The summed E-state index contributed by atoms with van der Waals surface area (Å²) in [4.78, 5) is 0. The summed E-state index contributed by atoms with van der Waals surface area (Å²) in [6, 6.07) is 8.51. The highest BCUT2D eigenvalue weighted by atomic mass is 16.5. The molecule has 0 aromatic heterocycles. The van der Waals surface area contributed by atoms with Crippen LogP contribution in [0.5, 0.6) is 0 Å². The molecule has 2 rings (SSSR count). The van der Waals surface area contributed by atoms with Gasteiger partial charge in [-0.2, -0.15) is 0 Å². The minimum Gasteiger partial charge on any atom is -0.374 e. The van der Waals surface area contributed by atoms with Crippen LogP contribution in [0.25, 0.3) is 6.08 Å². The first kappa shape index (κ1) is 10.4. The largest absolute Gasteiger partial charge is 0.374 e. The van der Waals surface area contributed by atoms with Crippen LogP contribution in [0.1, 0.15) is 24.0 Å². The zero-order valence-corrected chi connectivity index (χ0v) is 9.07. The molecule has 1 fully saturated rings. The highest BCUT2D eigenvalue weighted by Crippen LogP contribution is 2.48. The number of rotatable bonds is 4. The van der Waals surface area contributed by atoms with Gasteiger partial charge in [0.1, 0.15) is 0 Å². The minimum atomic E-state index is 0.0239. The lowest BCUT2D eigenvalue weighted by Gasteiger charge is -2.13. The summed E-state index contributed by atoms with van der Waals surface area (Å²) in [5.41, 5.74) is 7.90. The Labute approximate surface area is 90.7 Å². The summed E-state index contributed by atoms with van der Waals surface area (Å²) < 4.78 is 5.52. The van der Waals surface area contributed by atoms with Crippen molar-refractivity contribution in [3.8, 4) is 0 Å². The summed E-state index contributed by atoms with van der Waals surface area (Å²) in [6.07, 6.45) is 6.28. The molecule has 0 bridgehead atoms. The molecule has 0 saturated heterocycles. The van der Waals surface area contributed by atoms with E-state index in [0.717, 1.165) is 12.8 Å². The van der Waals surface area contributed by atoms with E-state index in [0.29, 0.717) is 6.54 Å². The Balaban J connectivity index is 2.14. The number of nitrogens with two attached hydrogens (primary N) is 1. The molecule has 1 aliphatic carbocycles. The molecule has 1 aliphatic rings. The molecule has 0 atom stereocenters. The van der Waals surface area contributed by atoms with Crippen LogP contribution in [0.4, 0.5) is 0 Å². The van der Waals surface area contributed by atoms with Crippen molar-refractivity contribution in [2.45, 2.75) is 18.4 Å². The van der Waals surface area contributed by atoms with E-state index in [1.165, 1.54) is 11.1 Å². The fourth-order valence-electron chi connectivity index (χ4n) is 1.83. The van der Waals surface area contributed by atoms with Crippen molar-refractivity contribution in [3.63, 3.8) is 0 Å². The molecule has 1 aromatic rings. The number of hydrogen-bond acceptors (Lipinski definition) is 2.